The van der Waals surface area contributed by atoms with Gasteiger partial charge in [-0.1, -0.05) is 22.0 Å². The Kier molecular flexibility index (Phi) is 2.68. The van der Waals surface area contributed by atoms with E-state index in [2.05, 4.69) is 15.9 Å². The lowest BCUT2D eigenvalue weighted by molar-refractivity contribution is -0.103. The minimum absolute atomic E-state index is 0.631. The fourth-order valence-corrected chi connectivity index (χ4v) is 1.82. The Hall–Kier alpha value is -1.09. The van der Waals surface area contributed by atoms with Gasteiger partial charge in [0.25, 0.3) is 0 Å². The van der Waals surface area contributed by atoms with E-state index in [0.29, 0.717) is 12.2 Å². The smallest absolute Gasteiger partial charge is 0.150 e. The van der Waals surface area contributed by atoms with Crippen LogP contribution in [-0.4, -0.2) is 12.9 Å². The largest absolute Gasteiger partial charge is 0.493 e. The second-order valence-electron chi connectivity index (χ2n) is 3.05. The maximum Gasteiger partial charge on any atom is 0.150 e. The number of allylic oxidation sites excluding steroid dienone is 1. The first-order chi connectivity index (χ1) is 6.81. The topological polar surface area (TPSA) is 26.3 Å². The number of rotatable bonds is 1. The summed E-state index contributed by atoms with van der Waals surface area (Å²) in [6.45, 7) is 0.631. The Labute approximate surface area is 90.7 Å². The molecule has 72 valence electrons. The molecule has 0 atom stereocenters. The van der Waals surface area contributed by atoms with Crippen molar-refractivity contribution in [3.8, 4) is 5.75 Å². The number of fused-ring (bicyclic) bond motifs is 1. The van der Waals surface area contributed by atoms with E-state index in [1.165, 1.54) is 0 Å². The molecule has 0 bridgehead atoms. The van der Waals surface area contributed by atoms with Crippen LogP contribution in [0, 0.1) is 0 Å². The summed E-state index contributed by atoms with van der Waals surface area (Å²) in [7, 11) is 0. The number of halogens is 1. The normalized spacial score (nSPS) is 14.8. The maximum absolute atomic E-state index is 10.8. The maximum atomic E-state index is 10.8. The molecule has 1 aromatic carbocycles. The third kappa shape index (κ3) is 1.73. The Morgan fingerprint density at radius 1 is 1.43 bits per heavy atom. The van der Waals surface area contributed by atoms with E-state index in [4.69, 9.17) is 4.74 Å². The molecule has 1 aliphatic heterocycles. The molecule has 0 radical (unpaired) electrons. The zero-order valence-electron chi connectivity index (χ0n) is 7.50. The Morgan fingerprint density at radius 2 is 2.29 bits per heavy atom. The van der Waals surface area contributed by atoms with Gasteiger partial charge in [0.15, 0.2) is 0 Å². The SMILES string of the molecule is O=CC1=CCCOc2ccc(Br)cc21. The third-order valence-electron chi connectivity index (χ3n) is 2.12. The highest BCUT2D eigenvalue weighted by Crippen LogP contribution is 2.30. The molecule has 0 aromatic heterocycles. The molecule has 0 saturated carbocycles. The fourth-order valence-electron chi connectivity index (χ4n) is 1.46. The molecule has 0 saturated heterocycles. The van der Waals surface area contributed by atoms with E-state index in [1.54, 1.807) is 0 Å². The molecule has 3 heteroatoms. The van der Waals surface area contributed by atoms with E-state index in [1.807, 2.05) is 24.3 Å². The molecule has 0 amide bonds. The Balaban J connectivity index is 2.56. The molecule has 1 heterocycles. The summed E-state index contributed by atoms with van der Waals surface area (Å²) in [4.78, 5) is 10.8. The second kappa shape index (κ2) is 3.96. The van der Waals surface area contributed by atoms with Crippen molar-refractivity contribution in [3.05, 3.63) is 34.3 Å². The summed E-state index contributed by atoms with van der Waals surface area (Å²) in [6, 6.07) is 5.69. The van der Waals surface area contributed by atoms with Gasteiger partial charge in [0, 0.05) is 22.0 Å². The molecule has 1 aromatic rings. The van der Waals surface area contributed by atoms with Crippen molar-refractivity contribution < 1.29 is 9.53 Å². The lowest BCUT2D eigenvalue weighted by Gasteiger charge is -2.07. The molecule has 0 spiro atoms. The summed E-state index contributed by atoms with van der Waals surface area (Å²) in [5, 5.41) is 0. The van der Waals surface area contributed by atoms with E-state index in [-0.39, 0.29) is 0 Å². The summed E-state index contributed by atoms with van der Waals surface area (Å²) in [6.07, 6.45) is 3.56. The monoisotopic (exact) mass is 252 g/mol. The van der Waals surface area contributed by atoms with Crippen LogP contribution in [0.15, 0.2) is 28.7 Å². The summed E-state index contributed by atoms with van der Waals surface area (Å²) < 4.78 is 6.46. The van der Waals surface area contributed by atoms with E-state index < -0.39 is 0 Å². The van der Waals surface area contributed by atoms with Crippen LogP contribution in [0.4, 0.5) is 0 Å². The number of hydrogen-bond donors (Lipinski definition) is 0. The summed E-state index contributed by atoms with van der Waals surface area (Å²) in [5.41, 5.74) is 1.57. The van der Waals surface area contributed by atoms with Crippen LogP contribution >= 0.6 is 15.9 Å². The number of hydrogen-bond acceptors (Lipinski definition) is 2. The van der Waals surface area contributed by atoms with E-state index >= 15 is 0 Å². The number of carbonyl (C=O) groups excluding carboxylic acids is 1. The van der Waals surface area contributed by atoms with Gasteiger partial charge in [-0.3, -0.25) is 4.79 Å². The number of ether oxygens (including phenoxy) is 1. The van der Waals surface area contributed by atoms with Gasteiger partial charge in [-0.25, -0.2) is 0 Å². The molecule has 2 rings (SSSR count). The van der Waals surface area contributed by atoms with E-state index in [0.717, 1.165) is 28.5 Å². The molecular weight excluding hydrogens is 244 g/mol. The van der Waals surface area contributed by atoms with Crippen LogP contribution in [0.5, 0.6) is 5.75 Å². The predicted octanol–water partition coefficient (Wildman–Crippen LogP) is 2.81. The quantitative estimate of drug-likeness (QED) is 0.719. The minimum atomic E-state index is 0.631. The van der Waals surface area contributed by atoms with Crippen molar-refractivity contribution >= 4 is 27.8 Å². The lowest BCUT2D eigenvalue weighted by atomic mass is 10.1. The summed E-state index contributed by atoms with van der Waals surface area (Å²) in [5.74, 6) is 0.782. The average molecular weight is 253 g/mol. The van der Waals surface area contributed by atoms with Crippen LogP contribution in [0.3, 0.4) is 0 Å². The van der Waals surface area contributed by atoms with Gasteiger partial charge in [0.1, 0.15) is 12.0 Å². The first-order valence-corrected chi connectivity index (χ1v) is 5.18. The predicted molar refractivity (Wildman–Crippen MR) is 58.3 cm³/mol. The van der Waals surface area contributed by atoms with Crippen molar-refractivity contribution in [2.24, 2.45) is 0 Å². The van der Waals surface area contributed by atoms with Crippen LogP contribution in [0.2, 0.25) is 0 Å². The van der Waals surface area contributed by atoms with Crippen molar-refractivity contribution in [1.82, 2.24) is 0 Å². The fraction of sp³-hybridized carbons (Fsp3) is 0.182. The van der Waals surface area contributed by atoms with Crippen LogP contribution < -0.4 is 4.74 Å². The molecule has 0 aliphatic carbocycles. The molecular formula is C11H9BrO2. The molecule has 14 heavy (non-hydrogen) atoms. The Morgan fingerprint density at radius 3 is 3.07 bits per heavy atom. The van der Waals surface area contributed by atoms with Crippen molar-refractivity contribution in [1.29, 1.82) is 0 Å². The highest BCUT2D eigenvalue weighted by atomic mass is 79.9. The first kappa shape index (κ1) is 9.46. The summed E-state index contributed by atoms with van der Waals surface area (Å²) >= 11 is 3.37. The number of aldehydes is 1. The lowest BCUT2D eigenvalue weighted by Crippen LogP contribution is -1.95. The van der Waals surface area contributed by atoms with Gasteiger partial charge in [-0.15, -0.1) is 0 Å². The van der Waals surface area contributed by atoms with Crippen LogP contribution in [0.25, 0.3) is 5.57 Å². The third-order valence-corrected chi connectivity index (χ3v) is 2.61. The van der Waals surface area contributed by atoms with Gasteiger partial charge in [-0.2, -0.15) is 0 Å². The molecule has 0 unspecified atom stereocenters. The standard InChI is InChI=1S/C11H9BrO2/c12-9-3-4-11-10(6-9)8(7-13)2-1-5-14-11/h2-4,6-7H,1,5H2. The van der Waals surface area contributed by atoms with Gasteiger partial charge in [-0.05, 0) is 18.2 Å². The van der Waals surface area contributed by atoms with E-state index in [9.17, 15) is 4.79 Å². The zero-order chi connectivity index (χ0) is 9.97. The minimum Gasteiger partial charge on any atom is -0.493 e. The van der Waals surface area contributed by atoms with Gasteiger partial charge in [0.05, 0.1) is 6.61 Å². The van der Waals surface area contributed by atoms with Crippen LogP contribution in [-0.2, 0) is 4.79 Å². The average Bonchev–Trinajstić information content (AvgIpc) is 2.39. The number of carbonyl (C=O) groups is 1. The molecule has 2 nitrogen and oxygen atoms in total. The van der Waals surface area contributed by atoms with Gasteiger partial charge < -0.3 is 4.74 Å². The van der Waals surface area contributed by atoms with Gasteiger partial charge >= 0.3 is 0 Å². The van der Waals surface area contributed by atoms with Crippen molar-refractivity contribution in [2.75, 3.05) is 6.61 Å². The second-order valence-corrected chi connectivity index (χ2v) is 3.97. The number of benzene rings is 1. The zero-order valence-corrected chi connectivity index (χ0v) is 9.08. The Bertz CT molecular complexity index is 396. The molecule has 1 aliphatic rings. The first-order valence-electron chi connectivity index (χ1n) is 4.39. The van der Waals surface area contributed by atoms with Crippen molar-refractivity contribution in [2.45, 2.75) is 6.42 Å². The highest BCUT2D eigenvalue weighted by molar-refractivity contribution is 9.10. The molecule has 0 fully saturated rings. The van der Waals surface area contributed by atoms with Gasteiger partial charge in [0.2, 0.25) is 0 Å². The van der Waals surface area contributed by atoms with Crippen LogP contribution in [0.1, 0.15) is 12.0 Å². The highest BCUT2D eigenvalue weighted by Gasteiger charge is 2.11. The molecule has 0 N–H and O–H groups in total. The van der Waals surface area contributed by atoms with Crippen molar-refractivity contribution in [3.63, 3.8) is 0 Å².